The van der Waals surface area contributed by atoms with E-state index in [1.165, 1.54) is 57.3 Å². The third-order valence-corrected chi connectivity index (χ3v) is 5.31. The second-order valence-corrected chi connectivity index (χ2v) is 7.74. The second kappa shape index (κ2) is 7.26. The molecule has 0 heterocycles. The van der Waals surface area contributed by atoms with Gasteiger partial charge in [0.15, 0.2) is 0 Å². The summed E-state index contributed by atoms with van der Waals surface area (Å²) in [4.78, 5) is 2.73. The van der Waals surface area contributed by atoms with Crippen LogP contribution in [0.3, 0.4) is 0 Å². The molecule has 1 atom stereocenters. The van der Waals surface area contributed by atoms with Crippen LogP contribution < -0.4 is 5.32 Å². The number of hydrogen-bond donors (Lipinski definition) is 1. The topological polar surface area (TPSA) is 15.3 Å². The Hall–Kier alpha value is -0.380. The van der Waals surface area contributed by atoms with Crippen molar-refractivity contribution in [2.75, 3.05) is 26.7 Å². The van der Waals surface area contributed by atoms with Crippen LogP contribution in [-0.2, 0) is 0 Å². The van der Waals surface area contributed by atoms with Gasteiger partial charge in [-0.25, -0.2) is 0 Å². The predicted octanol–water partition coefficient (Wildman–Crippen LogP) is 4.22. The summed E-state index contributed by atoms with van der Waals surface area (Å²) in [5.41, 5.74) is 1.40. The summed E-state index contributed by atoms with van der Waals surface area (Å²) in [7, 11) is 2.08. The largest absolute Gasteiger partial charge is 0.313 e. The fourth-order valence-electron chi connectivity index (χ4n) is 3.07. The van der Waals surface area contributed by atoms with E-state index in [9.17, 15) is 0 Å². The van der Waals surface area contributed by atoms with Crippen molar-refractivity contribution in [3.8, 4) is 0 Å². The molecular weight excluding hydrogens is 324 g/mol. The Bertz CT molecular complexity index is 423. The molecular formula is C18H27BrN2. The normalized spacial score (nSPS) is 20.0. The number of nitrogens with zero attached hydrogens (tertiary/aromatic N) is 1. The molecule has 3 rings (SSSR count). The van der Waals surface area contributed by atoms with Gasteiger partial charge in [0.1, 0.15) is 0 Å². The van der Waals surface area contributed by atoms with Gasteiger partial charge in [-0.05, 0) is 75.2 Å². The molecule has 1 unspecified atom stereocenters. The molecule has 0 amide bonds. The summed E-state index contributed by atoms with van der Waals surface area (Å²) in [6.07, 6.45) is 7.05. The number of nitrogens with one attached hydrogen (secondary N) is 1. The maximum atomic E-state index is 3.52. The van der Waals surface area contributed by atoms with Crippen LogP contribution in [0.5, 0.6) is 0 Å². The first-order valence-corrected chi connectivity index (χ1v) is 9.19. The molecule has 0 bridgehead atoms. The fraction of sp³-hybridized carbons (Fsp3) is 0.667. The first kappa shape index (κ1) is 15.5. The molecule has 3 heteroatoms. The van der Waals surface area contributed by atoms with E-state index >= 15 is 0 Å². The Balaban J connectivity index is 1.52. The highest BCUT2D eigenvalue weighted by Crippen LogP contribution is 2.34. The summed E-state index contributed by atoms with van der Waals surface area (Å²) in [6, 6.07) is 9.23. The van der Waals surface area contributed by atoms with Gasteiger partial charge in [0.25, 0.3) is 0 Å². The van der Waals surface area contributed by atoms with Crippen molar-refractivity contribution < 1.29 is 0 Å². The van der Waals surface area contributed by atoms with E-state index in [0.29, 0.717) is 6.04 Å². The SMILES string of the molecule is CNC(CCN(CC1CC1)CC1CC1)c1ccc(Br)cc1. The molecule has 1 N–H and O–H groups in total. The van der Waals surface area contributed by atoms with Crippen molar-refractivity contribution in [2.24, 2.45) is 11.8 Å². The van der Waals surface area contributed by atoms with Crippen molar-refractivity contribution in [1.82, 2.24) is 10.2 Å². The summed E-state index contributed by atoms with van der Waals surface area (Å²) >= 11 is 3.52. The molecule has 1 aromatic carbocycles. The highest BCUT2D eigenvalue weighted by atomic mass is 79.9. The van der Waals surface area contributed by atoms with E-state index in [2.05, 4.69) is 57.5 Å². The molecule has 116 valence electrons. The summed E-state index contributed by atoms with van der Waals surface area (Å²) in [5.74, 6) is 2.01. The molecule has 2 saturated carbocycles. The zero-order chi connectivity index (χ0) is 14.7. The zero-order valence-corrected chi connectivity index (χ0v) is 14.6. The van der Waals surface area contributed by atoms with Gasteiger partial charge in [-0.1, -0.05) is 28.1 Å². The average molecular weight is 351 g/mol. The van der Waals surface area contributed by atoms with E-state index in [1.54, 1.807) is 0 Å². The van der Waals surface area contributed by atoms with Crippen LogP contribution in [0.1, 0.15) is 43.7 Å². The zero-order valence-electron chi connectivity index (χ0n) is 13.0. The third kappa shape index (κ3) is 5.08. The van der Waals surface area contributed by atoms with Crippen molar-refractivity contribution >= 4 is 15.9 Å². The smallest absolute Gasteiger partial charge is 0.0329 e. The molecule has 2 nitrogen and oxygen atoms in total. The van der Waals surface area contributed by atoms with Gasteiger partial charge in [-0.15, -0.1) is 0 Å². The molecule has 0 spiro atoms. The molecule has 2 aliphatic carbocycles. The van der Waals surface area contributed by atoms with Crippen molar-refractivity contribution in [1.29, 1.82) is 0 Å². The highest BCUT2D eigenvalue weighted by Gasteiger charge is 2.29. The molecule has 0 radical (unpaired) electrons. The monoisotopic (exact) mass is 350 g/mol. The Morgan fingerprint density at radius 3 is 2.14 bits per heavy atom. The van der Waals surface area contributed by atoms with E-state index in [1.807, 2.05) is 0 Å². The fourth-order valence-corrected chi connectivity index (χ4v) is 3.34. The number of benzene rings is 1. The minimum atomic E-state index is 0.471. The minimum absolute atomic E-state index is 0.471. The molecule has 21 heavy (non-hydrogen) atoms. The lowest BCUT2D eigenvalue weighted by molar-refractivity contribution is 0.239. The minimum Gasteiger partial charge on any atom is -0.313 e. The molecule has 1 aromatic rings. The Morgan fingerprint density at radius 2 is 1.67 bits per heavy atom. The maximum absolute atomic E-state index is 3.52. The van der Waals surface area contributed by atoms with Gasteiger partial charge in [0, 0.05) is 23.6 Å². The number of hydrogen-bond acceptors (Lipinski definition) is 2. The lowest BCUT2D eigenvalue weighted by Gasteiger charge is -2.25. The van der Waals surface area contributed by atoms with Gasteiger partial charge < -0.3 is 10.2 Å². The molecule has 0 aromatic heterocycles. The van der Waals surface area contributed by atoms with Crippen LogP contribution in [0.2, 0.25) is 0 Å². The Labute approximate surface area is 137 Å². The first-order chi connectivity index (χ1) is 10.2. The first-order valence-electron chi connectivity index (χ1n) is 8.39. The number of rotatable bonds is 9. The quantitative estimate of drug-likeness (QED) is 0.717. The van der Waals surface area contributed by atoms with Gasteiger partial charge in [-0.2, -0.15) is 0 Å². The van der Waals surface area contributed by atoms with E-state index in [4.69, 9.17) is 0 Å². The third-order valence-electron chi connectivity index (χ3n) is 4.78. The van der Waals surface area contributed by atoms with Gasteiger partial charge >= 0.3 is 0 Å². The molecule has 0 saturated heterocycles. The van der Waals surface area contributed by atoms with Gasteiger partial charge in [0.05, 0.1) is 0 Å². The summed E-state index contributed by atoms with van der Waals surface area (Å²) in [6.45, 7) is 3.91. The predicted molar refractivity (Wildman–Crippen MR) is 92.4 cm³/mol. The standard InChI is InChI=1S/C18H27BrN2/c1-20-18(16-6-8-17(19)9-7-16)10-11-21(12-14-2-3-14)13-15-4-5-15/h6-9,14-15,18,20H,2-5,10-13H2,1H3. The van der Waals surface area contributed by atoms with Crippen LogP contribution in [0.15, 0.2) is 28.7 Å². The Kier molecular flexibility index (Phi) is 5.36. The van der Waals surface area contributed by atoms with Gasteiger partial charge in [-0.3, -0.25) is 0 Å². The highest BCUT2D eigenvalue weighted by molar-refractivity contribution is 9.10. The van der Waals surface area contributed by atoms with Gasteiger partial charge in [0.2, 0.25) is 0 Å². The van der Waals surface area contributed by atoms with E-state index in [0.717, 1.165) is 16.3 Å². The van der Waals surface area contributed by atoms with Crippen LogP contribution in [0.4, 0.5) is 0 Å². The summed E-state index contributed by atoms with van der Waals surface area (Å²) in [5, 5.41) is 3.49. The van der Waals surface area contributed by atoms with Crippen LogP contribution in [0.25, 0.3) is 0 Å². The van der Waals surface area contributed by atoms with Crippen molar-refractivity contribution in [2.45, 2.75) is 38.1 Å². The van der Waals surface area contributed by atoms with Crippen LogP contribution >= 0.6 is 15.9 Å². The van der Waals surface area contributed by atoms with Crippen LogP contribution in [0, 0.1) is 11.8 Å². The molecule has 2 fully saturated rings. The maximum Gasteiger partial charge on any atom is 0.0329 e. The lowest BCUT2D eigenvalue weighted by Crippen LogP contribution is -2.32. The average Bonchev–Trinajstić information content (AvgIpc) is 3.37. The number of halogens is 1. The van der Waals surface area contributed by atoms with E-state index < -0.39 is 0 Å². The van der Waals surface area contributed by atoms with E-state index in [-0.39, 0.29) is 0 Å². The molecule has 2 aliphatic rings. The van der Waals surface area contributed by atoms with Crippen molar-refractivity contribution in [3.63, 3.8) is 0 Å². The summed E-state index contributed by atoms with van der Waals surface area (Å²) < 4.78 is 1.16. The Morgan fingerprint density at radius 1 is 1.10 bits per heavy atom. The van der Waals surface area contributed by atoms with Crippen molar-refractivity contribution in [3.05, 3.63) is 34.3 Å². The van der Waals surface area contributed by atoms with Crippen LogP contribution in [-0.4, -0.2) is 31.6 Å². The molecule has 0 aliphatic heterocycles. The second-order valence-electron chi connectivity index (χ2n) is 6.83. The lowest BCUT2D eigenvalue weighted by atomic mass is 10.0.